The molecule has 2 bridgehead atoms. The molecule has 10 heteroatoms. The van der Waals surface area contributed by atoms with Crippen molar-refractivity contribution in [2.45, 2.75) is 31.7 Å². The molecule has 2 aromatic heterocycles. The second-order valence-electron chi connectivity index (χ2n) is 8.26. The highest BCUT2D eigenvalue weighted by Gasteiger charge is 2.47. The Kier molecular flexibility index (Phi) is 4.57. The van der Waals surface area contributed by atoms with Crippen LogP contribution in [0, 0.1) is 33.7 Å². The molecule has 3 fully saturated rings. The highest BCUT2D eigenvalue weighted by atomic mass is 19.1. The van der Waals surface area contributed by atoms with E-state index in [1.54, 1.807) is 18.3 Å². The summed E-state index contributed by atoms with van der Waals surface area (Å²) in [5.74, 6) is -1.73. The summed E-state index contributed by atoms with van der Waals surface area (Å²) in [4.78, 5) is 34.0. The number of halogens is 1. The van der Waals surface area contributed by atoms with Gasteiger partial charge in [-0.2, -0.15) is 0 Å². The van der Waals surface area contributed by atoms with E-state index >= 15 is 0 Å². The normalized spacial score (nSPS) is 24.9. The second kappa shape index (κ2) is 7.29. The Hall–Kier alpha value is -3.56. The summed E-state index contributed by atoms with van der Waals surface area (Å²) in [5, 5.41) is 24.6. The zero-order valence-corrected chi connectivity index (χ0v) is 16.4. The van der Waals surface area contributed by atoms with Gasteiger partial charge in [-0.3, -0.25) is 14.9 Å². The first-order valence-electron chi connectivity index (χ1n) is 10.2. The van der Waals surface area contributed by atoms with Crippen LogP contribution in [0.25, 0.3) is 22.3 Å². The number of nitrogens with one attached hydrogen (secondary N) is 2. The number of anilines is 1. The number of aromatic amines is 1. The number of hydrogen-bond donors (Lipinski definition) is 3. The molecule has 2 unspecified atom stereocenters. The molecule has 3 aromatic rings. The van der Waals surface area contributed by atoms with Crippen molar-refractivity contribution in [1.82, 2.24) is 15.0 Å². The Morgan fingerprint density at radius 2 is 2.00 bits per heavy atom. The number of nitro groups is 1. The summed E-state index contributed by atoms with van der Waals surface area (Å²) in [6, 6.07) is 4.27. The first-order valence-corrected chi connectivity index (χ1v) is 10.2. The Balaban J connectivity index is 1.52. The number of benzene rings is 1. The molecule has 0 saturated heterocycles. The van der Waals surface area contributed by atoms with E-state index in [-0.39, 0.29) is 29.2 Å². The molecular formula is C21H20FN5O4. The van der Waals surface area contributed by atoms with Gasteiger partial charge in [-0.25, -0.2) is 14.4 Å². The van der Waals surface area contributed by atoms with Crippen LogP contribution >= 0.6 is 0 Å². The fourth-order valence-electron chi connectivity index (χ4n) is 5.24. The third-order valence-corrected chi connectivity index (χ3v) is 6.68. The summed E-state index contributed by atoms with van der Waals surface area (Å²) in [6.45, 7) is 0. The summed E-state index contributed by atoms with van der Waals surface area (Å²) >= 11 is 0. The van der Waals surface area contributed by atoms with Gasteiger partial charge in [0.2, 0.25) is 0 Å². The van der Waals surface area contributed by atoms with Crippen molar-refractivity contribution in [3.05, 3.63) is 46.5 Å². The van der Waals surface area contributed by atoms with Gasteiger partial charge in [0, 0.05) is 29.3 Å². The lowest BCUT2D eigenvalue weighted by atomic mass is 9.61. The lowest BCUT2D eigenvalue weighted by molar-refractivity contribution is -0.383. The largest absolute Gasteiger partial charge is 0.481 e. The van der Waals surface area contributed by atoms with Crippen LogP contribution in [0.3, 0.4) is 0 Å². The smallest absolute Gasteiger partial charge is 0.308 e. The van der Waals surface area contributed by atoms with Crippen LogP contribution < -0.4 is 5.32 Å². The number of nitrogens with zero attached hydrogens (tertiary/aromatic N) is 3. The van der Waals surface area contributed by atoms with Crippen LogP contribution in [0.4, 0.5) is 15.9 Å². The molecule has 3 aliphatic rings. The van der Waals surface area contributed by atoms with E-state index in [2.05, 4.69) is 20.3 Å². The predicted octanol–water partition coefficient (Wildman–Crippen LogP) is 3.97. The quantitative estimate of drug-likeness (QED) is 0.416. The van der Waals surface area contributed by atoms with Gasteiger partial charge in [-0.15, -0.1) is 0 Å². The number of rotatable bonds is 5. The van der Waals surface area contributed by atoms with Crippen molar-refractivity contribution in [3.8, 4) is 11.4 Å². The number of para-hydroxylation sites is 1. The van der Waals surface area contributed by atoms with E-state index in [0.29, 0.717) is 16.5 Å². The van der Waals surface area contributed by atoms with Gasteiger partial charge in [0.15, 0.2) is 17.5 Å². The summed E-state index contributed by atoms with van der Waals surface area (Å²) < 4.78 is 14.6. The molecule has 31 heavy (non-hydrogen) atoms. The minimum Gasteiger partial charge on any atom is -0.481 e. The summed E-state index contributed by atoms with van der Waals surface area (Å²) in [6.07, 6.45) is 6.18. The molecule has 3 N–H and O–H groups in total. The molecule has 0 radical (unpaired) electrons. The monoisotopic (exact) mass is 425 g/mol. The number of carboxylic acids is 1. The van der Waals surface area contributed by atoms with E-state index in [1.807, 2.05) is 0 Å². The summed E-state index contributed by atoms with van der Waals surface area (Å²) in [5.41, 5.74) is 0.758. The number of carbonyl (C=O) groups is 1. The molecular weight excluding hydrogens is 405 g/mol. The average Bonchev–Trinajstić information content (AvgIpc) is 3.20. The standard InChI is InChI=1S/C21H20FN5O4/c22-14-9-24-19(13-8-23-18-12(13)2-1-3-15(18)27(30)31)26-20(14)25-17-11-6-4-10(5-7-11)16(17)21(28)29/h1-3,8-11,16-17,23H,4-7H2,(H,28,29)(H,24,25,26). The lowest BCUT2D eigenvalue weighted by Gasteiger charge is -2.47. The highest BCUT2D eigenvalue weighted by molar-refractivity contribution is 5.98. The minimum atomic E-state index is -0.870. The number of hydrogen-bond acceptors (Lipinski definition) is 6. The van der Waals surface area contributed by atoms with Crippen molar-refractivity contribution in [3.63, 3.8) is 0 Å². The molecule has 3 aliphatic carbocycles. The average molecular weight is 425 g/mol. The number of fused-ring (bicyclic) bond motifs is 4. The van der Waals surface area contributed by atoms with Crippen LogP contribution in [-0.2, 0) is 4.79 Å². The first-order chi connectivity index (χ1) is 14.9. The maximum Gasteiger partial charge on any atom is 0.308 e. The molecule has 3 saturated carbocycles. The third-order valence-electron chi connectivity index (χ3n) is 6.68. The van der Waals surface area contributed by atoms with Gasteiger partial charge in [0.1, 0.15) is 5.52 Å². The van der Waals surface area contributed by atoms with E-state index in [1.165, 1.54) is 6.07 Å². The zero-order chi connectivity index (χ0) is 21.7. The molecule has 6 rings (SSSR count). The SMILES string of the molecule is O=C(O)C1C2CCC(CC2)C1Nc1nc(-c2c[nH]c3c([N+](=O)[O-])cccc23)ncc1F. The van der Waals surface area contributed by atoms with E-state index in [4.69, 9.17) is 0 Å². The van der Waals surface area contributed by atoms with Gasteiger partial charge in [-0.1, -0.05) is 12.1 Å². The van der Waals surface area contributed by atoms with E-state index in [0.717, 1.165) is 31.9 Å². The van der Waals surface area contributed by atoms with Gasteiger partial charge < -0.3 is 15.4 Å². The fourth-order valence-corrected chi connectivity index (χ4v) is 5.24. The van der Waals surface area contributed by atoms with Crippen LogP contribution in [-0.4, -0.2) is 37.0 Å². The van der Waals surface area contributed by atoms with Gasteiger partial charge in [0.05, 0.1) is 17.0 Å². The Bertz CT molecular complexity index is 1190. The highest BCUT2D eigenvalue weighted by Crippen LogP contribution is 2.46. The van der Waals surface area contributed by atoms with E-state index in [9.17, 15) is 24.4 Å². The lowest BCUT2D eigenvalue weighted by Crippen LogP contribution is -2.51. The number of aromatic nitrogens is 3. The van der Waals surface area contributed by atoms with Crippen molar-refractivity contribution >= 4 is 28.4 Å². The number of non-ortho nitro benzene ring substituents is 1. The van der Waals surface area contributed by atoms with Gasteiger partial charge in [-0.05, 0) is 37.5 Å². The molecule has 2 atom stereocenters. The van der Waals surface area contributed by atoms with Crippen molar-refractivity contribution in [2.75, 3.05) is 5.32 Å². The van der Waals surface area contributed by atoms with Crippen molar-refractivity contribution in [2.24, 2.45) is 17.8 Å². The topological polar surface area (TPSA) is 134 Å². The van der Waals surface area contributed by atoms with E-state index < -0.39 is 28.7 Å². The number of nitro benzene ring substituents is 1. The number of aliphatic carboxylic acids is 1. The Morgan fingerprint density at radius 3 is 2.71 bits per heavy atom. The number of carboxylic acid groups (broad SMARTS) is 1. The zero-order valence-electron chi connectivity index (χ0n) is 16.4. The summed E-state index contributed by atoms with van der Waals surface area (Å²) in [7, 11) is 0. The molecule has 0 aliphatic heterocycles. The predicted molar refractivity (Wildman–Crippen MR) is 110 cm³/mol. The molecule has 9 nitrogen and oxygen atoms in total. The first kappa shape index (κ1) is 19.4. The molecule has 0 amide bonds. The molecule has 160 valence electrons. The minimum absolute atomic E-state index is 0.0476. The van der Waals surface area contributed by atoms with Crippen molar-refractivity contribution < 1.29 is 19.2 Å². The number of H-pyrrole nitrogens is 1. The van der Waals surface area contributed by atoms with Gasteiger partial charge >= 0.3 is 5.97 Å². The molecule has 2 heterocycles. The van der Waals surface area contributed by atoms with Crippen molar-refractivity contribution in [1.29, 1.82) is 0 Å². The Morgan fingerprint density at radius 1 is 1.26 bits per heavy atom. The second-order valence-corrected chi connectivity index (χ2v) is 8.26. The van der Waals surface area contributed by atoms with Crippen LogP contribution in [0.2, 0.25) is 0 Å². The van der Waals surface area contributed by atoms with Crippen LogP contribution in [0.1, 0.15) is 25.7 Å². The van der Waals surface area contributed by atoms with Crippen LogP contribution in [0.15, 0.2) is 30.6 Å². The molecule has 1 aromatic carbocycles. The maximum absolute atomic E-state index is 14.6. The Labute approximate surface area is 175 Å². The van der Waals surface area contributed by atoms with Gasteiger partial charge in [0.25, 0.3) is 5.69 Å². The molecule has 0 spiro atoms. The fraction of sp³-hybridized carbons (Fsp3) is 0.381. The maximum atomic E-state index is 14.6. The third kappa shape index (κ3) is 3.18. The van der Waals surface area contributed by atoms with Crippen LogP contribution in [0.5, 0.6) is 0 Å².